The van der Waals surface area contributed by atoms with Crippen molar-refractivity contribution in [1.29, 1.82) is 0 Å². The lowest BCUT2D eigenvalue weighted by atomic mass is 10.0. The number of nitrogens with one attached hydrogen (secondary N) is 2. The first-order valence-electron chi connectivity index (χ1n) is 8.30. The Hall–Kier alpha value is -1.82. The lowest BCUT2D eigenvalue weighted by Crippen LogP contribution is -2.50. The van der Waals surface area contributed by atoms with Crippen LogP contribution >= 0.6 is 0 Å². The van der Waals surface area contributed by atoms with Crippen LogP contribution < -0.4 is 15.5 Å². The molecule has 0 saturated carbocycles. The number of aliphatic hydroxyl groups excluding tert-OH is 1. The smallest absolute Gasteiger partial charge is 0.315 e. The first kappa shape index (κ1) is 17.5. The Bertz CT molecular complexity index is 504. The van der Waals surface area contributed by atoms with Gasteiger partial charge < -0.3 is 20.6 Å². The number of carbonyl (C=O) groups excluding carboxylic acids is 1. The Kier molecular flexibility index (Phi) is 6.65. The molecule has 2 rings (SSSR count). The minimum Gasteiger partial charge on any atom is -0.396 e. The zero-order chi connectivity index (χ0) is 16.7. The fourth-order valence-corrected chi connectivity index (χ4v) is 2.90. The van der Waals surface area contributed by atoms with Crippen LogP contribution in [-0.2, 0) is 0 Å². The first-order chi connectivity index (χ1) is 11.1. The molecule has 1 heterocycles. The highest BCUT2D eigenvalue weighted by Gasteiger charge is 2.21. The van der Waals surface area contributed by atoms with Gasteiger partial charge in [0.05, 0.1) is 0 Å². The predicted octanol–water partition coefficient (Wildman–Crippen LogP) is 2.25. The van der Waals surface area contributed by atoms with E-state index in [0.29, 0.717) is 6.42 Å². The third-order valence-corrected chi connectivity index (χ3v) is 4.31. The molecular formula is C17H26FN3O2. The highest BCUT2D eigenvalue weighted by Crippen LogP contribution is 2.20. The number of aliphatic hydroxyl groups is 1. The molecule has 0 aliphatic carbocycles. The Morgan fingerprint density at radius 1 is 1.43 bits per heavy atom. The number of amides is 2. The molecule has 0 aromatic heterocycles. The Morgan fingerprint density at radius 3 is 2.78 bits per heavy atom. The van der Waals surface area contributed by atoms with Crippen molar-refractivity contribution in [2.45, 2.75) is 44.7 Å². The quantitative estimate of drug-likeness (QED) is 0.752. The number of anilines is 1. The molecule has 1 atom stereocenters. The summed E-state index contributed by atoms with van der Waals surface area (Å²) in [6.07, 6.45) is 3.04. The van der Waals surface area contributed by atoms with Crippen LogP contribution in [0.3, 0.4) is 0 Å². The van der Waals surface area contributed by atoms with Gasteiger partial charge in [0.15, 0.2) is 0 Å². The van der Waals surface area contributed by atoms with E-state index in [1.54, 1.807) is 12.1 Å². The average molecular weight is 323 g/mol. The number of nitrogens with zero attached hydrogens (tertiary/aromatic N) is 1. The number of benzene rings is 1. The molecule has 1 aliphatic rings. The first-order valence-corrected chi connectivity index (χ1v) is 8.30. The van der Waals surface area contributed by atoms with Crippen LogP contribution in [0.15, 0.2) is 24.3 Å². The van der Waals surface area contributed by atoms with Crippen LogP contribution in [0.4, 0.5) is 14.9 Å². The summed E-state index contributed by atoms with van der Waals surface area (Å²) in [7, 11) is 0. The van der Waals surface area contributed by atoms with Crippen LogP contribution in [0.5, 0.6) is 0 Å². The number of carbonyl (C=O) groups is 1. The van der Waals surface area contributed by atoms with Gasteiger partial charge in [-0.3, -0.25) is 0 Å². The van der Waals surface area contributed by atoms with E-state index in [2.05, 4.69) is 15.5 Å². The second kappa shape index (κ2) is 8.72. The van der Waals surface area contributed by atoms with Gasteiger partial charge in [-0.05, 0) is 43.9 Å². The summed E-state index contributed by atoms with van der Waals surface area (Å²) in [5, 5.41) is 14.8. The van der Waals surface area contributed by atoms with E-state index in [1.807, 2.05) is 13.0 Å². The van der Waals surface area contributed by atoms with Gasteiger partial charge in [0.2, 0.25) is 0 Å². The molecule has 1 aromatic carbocycles. The van der Waals surface area contributed by atoms with Crippen LogP contribution in [0, 0.1) is 5.82 Å². The zero-order valence-electron chi connectivity index (χ0n) is 13.6. The number of rotatable bonds is 6. The lowest BCUT2D eigenvalue weighted by molar-refractivity contribution is 0.222. The van der Waals surface area contributed by atoms with Gasteiger partial charge in [0.25, 0.3) is 0 Å². The highest BCUT2D eigenvalue weighted by molar-refractivity contribution is 5.74. The van der Waals surface area contributed by atoms with Crippen molar-refractivity contribution < 1.29 is 14.3 Å². The molecule has 5 nitrogen and oxygen atoms in total. The molecular weight excluding hydrogens is 297 g/mol. The zero-order valence-corrected chi connectivity index (χ0v) is 13.6. The van der Waals surface area contributed by atoms with Gasteiger partial charge in [0, 0.05) is 37.5 Å². The fourth-order valence-electron chi connectivity index (χ4n) is 2.90. The SMILES string of the molecule is CCC(CCO)NC(=O)NC1CCN(c2cccc(F)c2)CC1. The van der Waals surface area contributed by atoms with E-state index in [4.69, 9.17) is 5.11 Å². The number of hydrogen-bond acceptors (Lipinski definition) is 3. The third-order valence-electron chi connectivity index (χ3n) is 4.31. The summed E-state index contributed by atoms with van der Waals surface area (Å²) in [6.45, 7) is 3.65. The van der Waals surface area contributed by atoms with E-state index in [-0.39, 0.29) is 30.5 Å². The molecule has 6 heteroatoms. The molecule has 3 N–H and O–H groups in total. The second-order valence-corrected chi connectivity index (χ2v) is 5.98. The maximum absolute atomic E-state index is 13.3. The number of urea groups is 1. The summed E-state index contributed by atoms with van der Waals surface area (Å²) >= 11 is 0. The summed E-state index contributed by atoms with van der Waals surface area (Å²) in [5.41, 5.74) is 0.891. The van der Waals surface area contributed by atoms with Gasteiger partial charge in [-0.25, -0.2) is 9.18 Å². The number of piperidine rings is 1. The van der Waals surface area contributed by atoms with Crippen molar-refractivity contribution in [3.63, 3.8) is 0 Å². The number of hydrogen-bond donors (Lipinski definition) is 3. The largest absolute Gasteiger partial charge is 0.396 e. The second-order valence-electron chi connectivity index (χ2n) is 5.98. The Balaban J connectivity index is 1.77. The summed E-state index contributed by atoms with van der Waals surface area (Å²) < 4.78 is 13.3. The summed E-state index contributed by atoms with van der Waals surface area (Å²) in [6, 6.07) is 6.58. The molecule has 0 radical (unpaired) electrons. The van der Waals surface area contributed by atoms with E-state index < -0.39 is 0 Å². The standard InChI is InChI=1S/C17H26FN3O2/c1-2-14(8-11-22)19-17(23)20-15-6-9-21(10-7-15)16-5-3-4-13(18)12-16/h3-5,12,14-15,22H,2,6-11H2,1H3,(H2,19,20,23). The monoisotopic (exact) mass is 323 g/mol. The maximum atomic E-state index is 13.3. The molecule has 128 valence electrons. The molecule has 1 unspecified atom stereocenters. The highest BCUT2D eigenvalue weighted by atomic mass is 19.1. The normalized spacial score (nSPS) is 16.9. The van der Waals surface area contributed by atoms with Crippen LogP contribution in [0.1, 0.15) is 32.6 Å². The average Bonchev–Trinajstić information content (AvgIpc) is 2.55. The maximum Gasteiger partial charge on any atom is 0.315 e. The van der Waals surface area contributed by atoms with Crippen LogP contribution in [-0.4, -0.2) is 42.9 Å². The van der Waals surface area contributed by atoms with Gasteiger partial charge in [0.1, 0.15) is 5.82 Å². The van der Waals surface area contributed by atoms with E-state index in [0.717, 1.165) is 38.0 Å². The van der Waals surface area contributed by atoms with E-state index in [9.17, 15) is 9.18 Å². The van der Waals surface area contributed by atoms with Gasteiger partial charge in [-0.2, -0.15) is 0 Å². The van der Waals surface area contributed by atoms with Gasteiger partial charge in [-0.1, -0.05) is 13.0 Å². The van der Waals surface area contributed by atoms with Crippen LogP contribution in [0.2, 0.25) is 0 Å². The molecule has 1 saturated heterocycles. The fraction of sp³-hybridized carbons (Fsp3) is 0.588. The molecule has 0 bridgehead atoms. The minimum atomic E-state index is -0.225. The molecule has 23 heavy (non-hydrogen) atoms. The van der Waals surface area contributed by atoms with Crippen molar-refractivity contribution in [1.82, 2.24) is 10.6 Å². The Morgan fingerprint density at radius 2 is 2.17 bits per heavy atom. The minimum absolute atomic E-state index is 0.00684. The van der Waals surface area contributed by atoms with Crippen LogP contribution in [0.25, 0.3) is 0 Å². The molecule has 0 spiro atoms. The van der Waals surface area contributed by atoms with Crippen molar-refractivity contribution in [3.05, 3.63) is 30.1 Å². The van der Waals surface area contributed by atoms with E-state index >= 15 is 0 Å². The third kappa shape index (κ3) is 5.39. The van der Waals surface area contributed by atoms with Crippen molar-refractivity contribution in [3.8, 4) is 0 Å². The lowest BCUT2D eigenvalue weighted by Gasteiger charge is -2.34. The topological polar surface area (TPSA) is 64.6 Å². The molecule has 1 fully saturated rings. The van der Waals surface area contributed by atoms with Gasteiger partial charge >= 0.3 is 6.03 Å². The molecule has 1 aromatic rings. The van der Waals surface area contributed by atoms with Crippen molar-refractivity contribution >= 4 is 11.7 Å². The summed E-state index contributed by atoms with van der Waals surface area (Å²) in [5.74, 6) is -0.225. The van der Waals surface area contributed by atoms with Crippen molar-refractivity contribution in [2.75, 3.05) is 24.6 Å². The Labute approximate surface area is 136 Å². The molecule has 2 amide bonds. The van der Waals surface area contributed by atoms with E-state index in [1.165, 1.54) is 6.07 Å². The summed E-state index contributed by atoms with van der Waals surface area (Å²) in [4.78, 5) is 14.1. The number of halogens is 1. The van der Waals surface area contributed by atoms with Crippen molar-refractivity contribution in [2.24, 2.45) is 0 Å². The predicted molar refractivity (Wildman–Crippen MR) is 89.1 cm³/mol. The molecule has 1 aliphatic heterocycles. The van der Waals surface area contributed by atoms with Gasteiger partial charge in [-0.15, -0.1) is 0 Å².